The highest BCUT2D eigenvalue weighted by atomic mass is 17.1. The molecule has 0 aromatic heterocycles. The van der Waals surface area contributed by atoms with E-state index in [1.54, 1.807) is 14.2 Å². The van der Waals surface area contributed by atoms with Gasteiger partial charge in [-0.25, -0.2) is 0 Å². The molecule has 2 amide bonds. The third-order valence-corrected chi connectivity index (χ3v) is 9.85. The van der Waals surface area contributed by atoms with Gasteiger partial charge in [-0.1, -0.05) is 60.5 Å². The molecule has 0 heterocycles. The van der Waals surface area contributed by atoms with Crippen molar-refractivity contribution in [1.82, 2.24) is 21.4 Å². The van der Waals surface area contributed by atoms with Crippen molar-refractivity contribution >= 4 is 17.8 Å². The van der Waals surface area contributed by atoms with Gasteiger partial charge in [-0.15, -0.1) is 0 Å². The number of nitrogens with one attached hydrogen (secondary N) is 2. The molecule has 1 rings (SSSR count). The van der Waals surface area contributed by atoms with Gasteiger partial charge < -0.3 is 29.6 Å². The average Bonchev–Trinajstić information content (AvgIpc) is 3.15. The molecule has 4 atom stereocenters. The summed E-state index contributed by atoms with van der Waals surface area (Å²) in [6.45, 7) is 13.8. The van der Waals surface area contributed by atoms with E-state index in [9.17, 15) is 14.4 Å². The van der Waals surface area contributed by atoms with Gasteiger partial charge in [0.05, 0.1) is 43.8 Å². The van der Waals surface area contributed by atoms with Crippen molar-refractivity contribution in [2.45, 2.75) is 131 Å². The van der Waals surface area contributed by atoms with E-state index >= 15 is 0 Å². The van der Waals surface area contributed by atoms with Crippen molar-refractivity contribution < 1.29 is 63.8 Å². The van der Waals surface area contributed by atoms with E-state index in [1.165, 1.54) is 0 Å². The van der Waals surface area contributed by atoms with Crippen LogP contribution < -0.4 is 20.1 Å². The number of benzene rings is 1. The Morgan fingerprint density at radius 3 is 1.91 bits per heavy atom. The van der Waals surface area contributed by atoms with Crippen LogP contribution in [0.1, 0.15) is 118 Å². The highest BCUT2D eigenvalue weighted by Crippen LogP contribution is 2.33. The van der Waals surface area contributed by atoms with Crippen LogP contribution in [0.4, 0.5) is 0 Å². The van der Waals surface area contributed by atoms with E-state index in [2.05, 4.69) is 34.2 Å². The van der Waals surface area contributed by atoms with Gasteiger partial charge in [0, 0.05) is 45.4 Å². The van der Waals surface area contributed by atoms with E-state index in [0.29, 0.717) is 89.0 Å². The van der Waals surface area contributed by atoms with Crippen molar-refractivity contribution in [2.24, 2.45) is 29.6 Å². The third-order valence-electron chi connectivity index (χ3n) is 9.85. The number of amides is 2. The number of hydrogen-bond acceptors (Lipinski definition) is 15. The number of nitrogens with zero attached hydrogens (tertiary/aromatic N) is 2. The normalized spacial score (nSPS) is 13.9. The molecule has 0 radical (unpaired) electrons. The molecule has 17 heteroatoms. The highest BCUT2D eigenvalue weighted by Gasteiger charge is 2.35. The molecule has 0 aliphatic heterocycles. The molecule has 0 aliphatic carbocycles. The van der Waals surface area contributed by atoms with Crippen LogP contribution in [0.5, 0.6) is 11.5 Å². The number of esters is 1. The molecule has 6 N–H and O–H groups in total. The van der Waals surface area contributed by atoms with Gasteiger partial charge in [-0.3, -0.25) is 44.9 Å². The maximum Gasteiger partial charge on any atom is 0.306 e. The Bertz CT molecular complexity index is 1270. The molecule has 1 aromatic rings. The average molecular weight is 831 g/mol. The Hall–Kier alpha value is -3.13. The molecule has 0 bridgehead atoms. The number of carbonyl (C=O) groups is 3. The quantitative estimate of drug-likeness (QED) is 0.0256. The molecule has 1 aromatic carbocycles. The summed E-state index contributed by atoms with van der Waals surface area (Å²) in [5.74, 6) is 0.176. The number of unbranched alkanes of at least 4 members (excludes halogenated alkanes) is 4. The lowest BCUT2D eigenvalue weighted by atomic mass is 9.80. The molecule has 58 heavy (non-hydrogen) atoms. The summed E-state index contributed by atoms with van der Waals surface area (Å²) in [5.41, 5.74) is 1.01. The minimum Gasteiger partial charge on any atom is -0.493 e. The summed E-state index contributed by atoms with van der Waals surface area (Å²) in [6, 6.07) is 5.21. The highest BCUT2D eigenvalue weighted by molar-refractivity contribution is 5.79. The van der Waals surface area contributed by atoms with Crippen LogP contribution in [-0.4, -0.2) is 109 Å². The van der Waals surface area contributed by atoms with Crippen molar-refractivity contribution in [3.05, 3.63) is 23.8 Å². The zero-order valence-electron chi connectivity index (χ0n) is 36.2. The predicted molar refractivity (Wildman–Crippen MR) is 214 cm³/mol. The number of methoxy groups -OCH3 is 2. The fraction of sp³-hybridized carbons (Fsp3) is 0.780. The molecule has 0 saturated carbocycles. The predicted octanol–water partition coefficient (Wildman–Crippen LogP) is 6.29. The zero-order chi connectivity index (χ0) is 43.5. The van der Waals surface area contributed by atoms with Crippen LogP contribution in [0.2, 0.25) is 0 Å². The first-order chi connectivity index (χ1) is 27.6. The van der Waals surface area contributed by atoms with E-state index in [4.69, 9.17) is 39.8 Å². The topological polar surface area (TPSA) is 218 Å². The van der Waals surface area contributed by atoms with Gasteiger partial charge in [0.2, 0.25) is 11.8 Å². The van der Waals surface area contributed by atoms with Gasteiger partial charge in [0.1, 0.15) is 6.10 Å². The molecule has 4 unspecified atom stereocenters. The number of rotatable bonds is 34. The lowest BCUT2D eigenvalue weighted by molar-refractivity contribution is -0.492. The first kappa shape index (κ1) is 52.9. The van der Waals surface area contributed by atoms with Crippen LogP contribution in [-0.2, 0) is 40.0 Å². The molecule has 0 fully saturated rings. The van der Waals surface area contributed by atoms with E-state index in [0.717, 1.165) is 5.56 Å². The molecule has 0 saturated heterocycles. The SMILES string of the molecule is COCCCOc1cc(CC(CC(NC(=O)CCCCCON(O)O)C(CC(C(=O)NCC(C)C)C(C)C)OC(=O)CCCCCON(O)O)C(C)C)ccc1OC. The van der Waals surface area contributed by atoms with E-state index in [-0.39, 0.29) is 78.7 Å². The number of ether oxygens (including phenoxy) is 4. The maximum atomic E-state index is 13.7. The molecule has 0 aliphatic rings. The Morgan fingerprint density at radius 2 is 1.36 bits per heavy atom. The standard InChI is InChI=1S/C41H74N4O13/c1-29(2)28-42-41(48)34(31(5)6)27-37(58-40(47)17-12-10-14-23-57-45(51)52)35(43-39(46)16-11-9-13-22-56-44(49)50)26-33(30(3)4)24-32-18-19-36(54-8)38(25-32)55-21-15-20-53-7/h18-19,25,29-31,33-35,37,49-52H,9-17,20-24,26-28H2,1-8H3,(H,42,48)(H,43,46). The fourth-order valence-corrected chi connectivity index (χ4v) is 6.44. The second kappa shape index (κ2) is 30.8. The summed E-state index contributed by atoms with van der Waals surface area (Å²) in [6.07, 6.45) is 4.50. The lowest BCUT2D eigenvalue weighted by Gasteiger charge is -2.35. The van der Waals surface area contributed by atoms with Crippen LogP contribution in [0, 0.1) is 29.6 Å². The van der Waals surface area contributed by atoms with Crippen molar-refractivity contribution in [2.75, 3.05) is 47.2 Å². The van der Waals surface area contributed by atoms with Crippen LogP contribution >= 0.6 is 0 Å². The zero-order valence-corrected chi connectivity index (χ0v) is 36.2. The molecule has 0 spiro atoms. The lowest BCUT2D eigenvalue weighted by Crippen LogP contribution is -2.49. The minimum atomic E-state index is -0.834. The molecule has 336 valence electrons. The largest absolute Gasteiger partial charge is 0.493 e. The maximum absolute atomic E-state index is 13.7. The second-order valence-corrected chi connectivity index (χ2v) is 15.8. The van der Waals surface area contributed by atoms with Crippen molar-refractivity contribution in [1.29, 1.82) is 0 Å². The van der Waals surface area contributed by atoms with Gasteiger partial charge in [0.15, 0.2) is 11.5 Å². The number of hydrogen-bond donors (Lipinski definition) is 6. The summed E-state index contributed by atoms with van der Waals surface area (Å²) in [4.78, 5) is 50.1. The smallest absolute Gasteiger partial charge is 0.306 e. The van der Waals surface area contributed by atoms with E-state index in [1.807, 2.05) is 45.9 Å². The minimum absolute atomic E-state index is 0.00294. The summed E-state index contributed by atoms with van der Waals surface area (Å²) < 4.78 is 23.1. The van der Waals surface area contributed by atoms with Gasteiger partial charge in [-0.2, -0.15) is 0 Å². The summed E-state index contributed by atoms with van der Waals surface area (Å²) in [7, 11) is 3.24. The monoisotopic (exact) mass is 831 g/mol. The van der Waals surface area contributed by atoms with Gasteiger partial charge >= 0.3 is 5.97 Å². The third kappa shape index (κ3) is 24.1. The summed E-state index contributed by atoms with van der Waals surface area (Å²) >= 11 is 0. The Morgan fingerprint density at radius 1 is 0.724 bits per heavy atom. The van der Waals surface area contributed by atoms with Gasteiger partial charge in [0.25, 0.3) is 0 Å². The van der Waals surface area contributed by atoms with Crippen LogP contribution in [0.25, 0.3) is 0 Å². The van der Waals surface area contributed by atoms with Crippen molar-refractivity contribution in [3.63, 3.8) is 0 Å². The first-order valence-electron chi connectivity index (χ1n) is 20.7. The number of carbonyl (C=O) groups excluding carboxylic acids is 3. The first-order valence-corrected chi connectivity index (χ1v) is 20.7. The second-order valence-electron chi connectivity index (χ2n) is 15.8. The van der Waals surface area contributed by atoms with Crippen molar-refractivity contribution in [3.8, 4) is 11.5 Å². The summed E-state index contributed by atoms with van der Waals surface area (Å²) in [5, 5.41) is 40.7. The van der Waals surface area contributed by atoms with Gasteiger partial charge in [-0.05, 0) is 86.3 Å². The van der Waals surface area contributed by atoms with E-state index < -0.39 is 24.0 Å². The van der Waals surface area contributed by atoms with Crippen LogP contribution in [0.3, 0.4) is 0 Å². The fourth-order valence-electron chi connectivity index (χ4n) is 6.44. The molecular weight excluding hydrogens is 756 g/mol. The molecular formula is C41H74N4O13. The Labute approximate surface area is 345 Å². The molecule has 17 nitrogen and oxygen atoms in total. The van der Waals surface area contributed by atoms with Crippen LogP contribution in [0.15, 0.2) is 18.2 Å². The Kier molecular flexibility index (Phi) is 28.1. The Balaban J connectivity index is 3.50.